The summed E-state index contributed by atoms with van der Waals surface area (Å²) in [5, 5.41) is 15.4. The summed E-state index contributed by atoms with van der Waals surface area (Å²) in [4.78, 5) is 14.5. The van der Waals surface area contributed by atoms with Gasteiger partial charge >= 0.3 is 6.03 Å². The number of anilines is 3. The fourth-order valence-electron chi connectivity index (χ4n) is 2.90. The summed E-state index contributed by atoms with van der Waals surface area (Å²) in [5.41, 5.74) is 3.01. The summed E-state index contributed by atoms with van der Waals surface area (Å²) in [7, 11) is 0. The molecule has 0 saturated carbocycles. The van der Waals surface area contributed by atoms with E-state index >= 15 is 0 Å². The molecular weight excluding hydrogens is 322 g/mol. The number of carbonyl (C=O) groups is 1. The first-order valence-electron chi connectivity index (χ1n) is 8.29. The fourth-order valence-corrected chi connectivity index (χ4v) is 3.77. The van der Waals surface area contributed by atoms with E-state index in [1.807, 2.05) is 32.0 Å². The lowest BCUT2D eigenvalue weighted by molar-refractivity contribution is 0.262. The maximum atomic E-state index is 12.2. The van der Waals surface area contributed by atoms with E-state index in [0.717, 1.165) is 28.5 Å². The van der Waals surface area contributed by atoms with Crippen molar-refractivity contribution >= 4 is 33.3 Å². The Bertz CT molecular complexity index is 730. The predicted octanol–water partition coefficient (Wildman–Crippen LogP) is 4.18. The molecule has 1 aliphatic rings. The Hall–Kier alpha value is -2.15. The van der Waals surface area contributed by atoms with Gasteiger partial charge in [0, 0.05) is 18.3 Å². The molecule has 0 bridgehead atoms. The van der Waals surface area contributed by atoms with Gasteiger partial charge in [-0.25, -0.2) is 4.79 Å². The van der Waals surface area contributed by atoms with Crippen LogP contribution in [0.3, 0.4) is 0 Å². The molecule has 1 aliphatic heterocycles. The van der Waals surface area contributed by atoms with Crippen molar-refractivity contribution in [3.8, 4) is 0 Å². The molecule has 0 unspecified atom stereocenters. The molecule has 2 heterocycles. The van der Waals surface area contributed by atoms with E-state index in [4.69, 9.17) is 0 Å². The van der Waals surface area contributed by atoms with Gasteiger partial charge < -0.3 is 10.2 Å². The smallest absolute Gasteiger partial charge is 0.325 e. The maximum absolute atomic E-state index is 12.2. The highest BCUT2D eigenvalue weighted by Crippen LogP contribution is 2.29. The van der Waals surface area contributed by atoms with Crippen molar-refractivity contribution in [2.75, 3.05) is 22.1 Å². The number of amides is 2. The Kier molecular flexibility index (Phi) is 4.99. The van der Waals surface area contributed by atoms with Crippen LogP contribution in [0.5, 0.6) is 0 Å². The quantitative estimate of drug-likeness (QED) is 0.875. The molecule has 24 heavy (non-hydrogen) atoms. The third kappa shape index (κ3) is 3.67. The maximum Gasteiger partial charge on any atom is 0.325 e. The first kappa shape index (κ1) is 16.7. The zero-order chi connectivity index (χ0) is 17.1. The molecule has 0 spiro atoms. The van der Waals surface area contributed by atoms with Crippen molar-refractivity contribution in [2.45, 2.75) is 46.1 Å². The number of benzene rings is 1. The lowest BCUT2D eigenvalue weighted by Crippen LogP contribution is -2.37. The minimum Gasteiger partial charge on any atom is -0.344 e. The molecule has 1 atom stereocenters. The molecule has 6 nitrogen and oxygen atoms in total. The number of hydrogen-bond donors (Lipinski definition) is 2. The third-order valence-corrected chi connectivity index (χ3v) is 5.41. The molecule has 128 valence electrons. The fraction of sp³-hybridized carbons (Fsp3) is 0.471. The predicted molar refractivity (Wildman–Crippen MR) is 99.1 cm³/mol. The van der Waals surface area contributed by atoms with Gasteiger partial charge in [-0.1, -0.05) is 23.5 Å². The van der Waals surface area contributed by atoms with Gasteiger partial charge in [-0.2, -0.15) is 0 Å². The Labute approximate surface area is 146 Å². The Balaban J connectivity index is 1.64. The standard InChI is InChI=1S/C17H23N5OS/c1-11-7-6-9-14(13(11)3)18-15(23)19-16-20-21-17(24-16)22-10-5-4-8-12(22)2/h6-7,9,12H,4-5,8,10H2,1-3H3,(H2,18,19,20,23)/t12-/m1/s1. The van der Waals surface area contributed by atoms with E-state index in [2.05, 4.69) is 32.7 Å². The zero-order valence-corrected chi connectivity index (χ0v) is 15.1. The number of hydrogen-bond acceptors (Lipinski definition) is 5. The summed E-state index contributed by atoms with van der Waals surface area (Å²) >= 11 is 1.42. The lowest BCUT2D eigenvalue weighted by Gasteiger charge is -2.32. The summed E-state index contributed by atoms with van der Waals surface area (Å²) in [6, 6.07) is 6.03. The van der Waals surface area contributed by atoms with Gasteiger partial charge in [0.25, 0.3) is 0 Å². The van der Waals surface area contributed by atoms with Crippen LogP contribution in [0, 0.1) is 13.8 Å². The number of nitrogens with zero attached hydrogens (tertiary/aromatic N) is 3. The number of aromatic nitrogens is 2. The van der Waals surface area contributed by atoms with Gasteiger partial charge in [0.05, 0.1) is 0 Å². The topological polar surface area (TPSA) is 70.1 Å². The van der Waals surface area contributed by atoms with Crippen LogP contribution < -0.4 is 15.5 Å². The first-order valence-corrected chi connectivity index (χ1v) is 9.10. The normalized spacial score (nSPS) is 17.6. The van der Waals surface area contributed by atoms with Crippen LogP contribution in [0.2, 0.25) is 0 Å². The average Bonchev–Trinajstić information content (AvgIpc) is 3.00. The van der Waals surface area contributed by atoms with Crippen molar-refractivity contribution in [2.24, 2.45) is 0 Å². The van der Waals surface area contributed by atoms with Crippen molar-refractivity contribution in [1.29, 1.82) is 0 Å². The van der Waals surface area contributed by atoms with Gasteiger partial charge in [0.1, 0.15) is 0 Å². The van der Waals surface area contributed by atoms with E-state index in [0.29, 0.717) is 11.2 Å². The number of nitrogens with one attached hydrogen (secondary N) is 2. The molecular formula is C17H23N5OS. The van der Waals surface area contributed by atoms with E-state index < -0.39 is 0 Å². The monoisotopic (exact) mass is 345 g/mol. The first-order chi connectivity index (χ1) is 11.5. The van der Waals surface area contributed by atoms with Crippen molar-refractivity contribution in [1.82, 2.24) is 10.2 Å². The van der Waals surface area contributed by atoms with Crippen molar-refractivity contribution < 1.29 is 4.79 Å². The minimum absolute atomic E-state index is 0.293. The molecule has 2 amide bonds. The van der Waals surface area contributed by atoms with Gasteiger partial charge in [-0.05, 0) is 57.2 Å². The molecule has 2 aromatic rings. The van der Waals surface area contributed by atoms with Crippen LogP contribution in [0.4, 0.5) is 20.7 Å². The molecule has 1 saturated heterocycles. The van der Waals surface area contributed by atoms with E-state index in [9.17, 15) is 4.79 Å². The highest BCUT2D eigenvalue weighted by atomic mass is 32.1. The van der Waals surface area contributed by atoms with Crippen molar-refractivity contribution in [3.63, 3.8) is 0 Å². The van der Waals surface area contributed by atoms with Crippen LogP contribution in [-0.2, 0) is 0 Å². The molecule has 1 aromatic heterocycles. The zero-order valence-electron chi connectivity index (χ0n) is 14.3. The van der Waals surface area contributed by atoms with Crippen LogP contribution in [0.15, 0.2) is 18.2 Å². The second kappa shape index (κ2) is 7.17. The van der Waals surface area contributed by atoms with Crippen LogP contribution in [0.1, 0.15) is 37.3 Å². The number of rotatable bonds is 3. The molecule has 2 N–H and O–H groups in total. The van der Waals surface area contributed by atoms with Crippen molar-refractivity contribution in [3.05, 3.63) is 29.3 Å². The van der Waals surface area contributed by atoms with Gasteiger partial charge in [-0.3, -0.25) is 5.32 Å². The third-order valence-electron chi connectivity index (χ3n) is 4.54. The highest BCUT2D eigenvalue weighted by Gasteiger charge is 2.22. The molecule has 7 heteroatoms. The molecule has 1 aromatic carbocycles. The highest BCUT2D eigenvalue weighted by molar-refractivity contribution is 7.19. The van der Waals surface area contributed by atoms with Crippen LogP contribution in [0.25, 0.3) is 0 Å². The van der Waals surface area contributed by atoms with E-state index in [1.54, 1.807) is 0 Å². The molecule has 1 fully saturated rings. The lowest BCUT2D eigenvalue weighted by atomic mass is 10.1. The van der Waals surface area contributed by atoms with E-state index in [1.165, 1.54) is 30.6 Å². The largest absolute Gasteiger partial charge is 0.344 e. The number of aryl methyl sites for hydroxylation is 1. The Morgan fingerprint density at radius 1 is 1.25 bits per heavy atom. The molecule has 0 radical (unpaired) electrons. The van der Waals surface area contributed by atoms with Crippen LogP contribution >= 0.6 is 11.3 Å². The van der Waals surface area contributed by atoms with Gasteiger partial charge in [0.2, 0.25) is 10.3 Å². The Morgan fingerprint density at radius 2 is 2.08 bits per heavy atom. The second-order valence-electron chi connectivity index (χ2n) is 6.25. The molecule has 0 aliphatic carbocycles. The summed E-state index contributed by atoms with van der Waals surface area (Å²) in [5.74, 6) is 0. The SMILES string of the molecule is Cc1cccc(NC(=O)Nc2nnc(N3CCCC[C@H]3C)s2)c1C. The van der Waals surface area contributed by atoms with E-state index in [-0.39, 0.29) is 6.03 Å². The average molecular weight is 345 g/mol. The number of carbonyl (C=O) groups excluding carboxylic acids is 1. The van der Waals surface area contributed by atoms with Crippen LogP contribution in [-0.4, -0.2) is 28.8 Å². The summed E-state index contributed by atoms with van der Waals surface area (Å²) in [6.07, 6.45) is 3.62. The second-order valence-corrected chi connectivity index (χ2v) is 7.21. The minimum atomic E-state index is -0.293. The number of urea groups is 1. The Morgan fingerprint density at radius 3 is 2.88 bits per heavy atom. The number of piperidine rings is 1. The van der Waals surface area contributed by atoms with Gasteiger partial charge in [-0.15, -0.1) is 10.2 Å². The summed E-state index contributed by atoms with van der Waals surface area (Å²) in [6.45, 7) is 7.23. The molecule has 3 rings (SSSR count). The summed E-state index contributed by atoms with van der Waals surface area (Å²) < 4.78 is 0. The van der Waals surface area contributed by atoms with Gasteiger partial charge in [0.15, 0.2) is 0 Å².